The van der Waals surface area contributed by atoms with Crippen LogP contribution in [0.3, 0.4) is 0 Å². The molecule has 0 aromatic carbocycles. The molecule has 0 aliphatic carbocycles. The Morgan fingerprint density at radius 2 is 2.00 bits per heavy atom. The second-order valence-electron chi connectivity index (χ2n) is 4.52. The van der Waals surface area contributed by atoms with Gasteiger partial charge in [-0.05, 0) is 22.9 Å². The minimum Gasteiger partial charge on any atom is -0.465 e. The molecule has 0 atom stereocenters. The average Bonchev–Trinajstić information content (AvgIpc) is 3.21. The average molecular weight is 375 g/mol. The van der Waals surface area contributed by atoms with Crippen molar-refractivity contribution in [3.8, 4) is 0 Å². The third kappa shape index (κ3) is 4.18. The Morgan fingerprint density at radius 1 is 1.22 bits per heavy atom. The van der Waals surface area contributed by atoms with Gasteiger partial charge in [0.1, 0.15) is 9.77 Å². The maximum Gasteiger partial charge on any atom is 0.349 e. The van der Waals surface area contributed by atoms with Gasteiger partial charge in [0, 0.05) is 25.1 Å². The highest BCUT2D eigenvalue weighted by atomic mass is 32.2. The normalized spacial score (nSPS) is 11.8. The molecule has 0 fully saturated rings. The first-order chi connectivity index (χ1) is 11.0. The van der Waals surface area contributed by atoms with E-state index >= 15 is 0 Å². The number of sulfonamides is 1. The number of carbonyl (C=O) groups excluding carboxylic acids is 1. The van der Waals surface area contributed by atoms with Gasteiger partial charge in [0.25, 0.3) is 0 Å². The lowest BCUT2D eigenvalue weighted by Crippen LogP contribution is -2.33. The van der Waals surface area contributed by atoms with Gasteiger partial charge in [-0.25, -0.2) is 13.2 Å². The molecule has 0 bridgehead atoms. The van der Waals surface area contributed by atoms with Gasteiger partial charge in [-0.1, -0.05) is 6.07 Å². The third-order valence-electron chi connectivity index (χ3n) is 3.07. The van der Waals surface area contributed by atoms with Crippen molar-refractivity contribution in [3.63, 3.8) is 0 Å². The van der Waals surface area contributed by atoms with E-state index in [1.165, 1.54) is 35.9 Å². The lowest BCUT2D eigenvalue weighted by molar-refractivity contribution is 0.0602. The van der Waals surface area contributed by atoms with Gasteiger partial charge in [0.15, 0.2) is 0 Å². The number of hydrogen-bond acceptors (Lipinski definition) is 7. The van der Waals surface area contributed by atoms with Crippen molar-refractivity contribution in [1.82, 2.24) is 4.31 Å². The van der Waals surface area contributed by atoms with Crippen LogP contribution in [0.4, 0.5) is 0 Å². The minimum atomic E-state index is -3.82. The van der Waals surface area contributed by atoms with Gasteiger partial charge in [-0.2, -0.15) is 4.31 Å². The zero-order valence-corrected chi connectivity index (χ0v) is 15.2. The standard InChI is InChI=1S/C14H17NO5S3/c1-19-7-6-15(10-11-4-3-8-21-11)23(17,18)12-5-9-22-13(12)14(16)20-2/h3-5,8-9H,6-7,10H2,1-2H3. The quantitative estimate of drug-likeness (QED) is 0.663. The van der Waals surface area contributed by atoms with E-state index in [4.69, 9.17) is 4.74 Å². The van der Waals surface area contributed by atoms with Crippen molar-refractivity contribution in [1.29, 1.82) is 0 Å². The van der Waals surface area contributed by atoms with Crippen molar-refractivity contribution in [3.05, 3.63) is 38.7 Å². The molecule has 0 aliphatic heterocycles. The molecule has 0 spiro atoms. The molecule has 0 saturated heterocycles. The van der Waals surface area contributed by atoms with Crippen LogP contribution in [-0.2, 0) is 26.0 Å². The van der Waals surface area contributed by atoms with Crippen LogP contribution in [0.2, 0.25) is 0 Å². The van der Waals surface area contributed by atoms with E-state index < -0.39 is 16.0 Å². The summed E-state index contributed by atoms with van der Waals surface area (Å²) >= 11 is 2.53. The van der Waals surface area contributed by atoms with Crippen LogP contribution in [0.15, 0.2) is 33.9 Å². The van der Waals surface area contributed by atoms with E-state index in [-0.39, 0.29) is 29.5 Å². The van der Waals surface area contributed by atoms with Crippen LogP contribution in [-0.4, -0.2) is 46.1 Å². The van der Waals surface area contributed by atoms with E-state index in [9.17, 15) is 13.2 Å². The molecule has 0 amide bonds. The highest BCUT2D eigenvalue weighted by Crippen LogP contribution is 2.27. The molecule has 2 rings (SSSR count). The number of methoxy groups -OCH3 is 2. The van der Waals surface area contributed by atoms with Gasteiger partial charge in [-0.15, -0.1) is 22.7 Å². The van der Waals surface area contributed by atoms with E-state index in [0.717, 1.165) is 16.2 Å². The second-order valence-corrected chi connectivity index (χ2v) is 8.37. The smallest absolute Gasteiger partial charge is 0.349 e. The summed E-state index contributed by atoms with van der Waals surface area (Å²) in [7, 11) is -1.08. The number of carbonyl (C=O) groups is 1. The van der Waals surface area contributed by atoms with E-state index in [2.05, 4.69) is 4.74 Å². The summed E-state index contributed by atoms with van der Waals surface area (Å²) in [6.07, 6.45) is 0. The largest absolute Gasteiger partial charge is 0.465 e. The van der Waals surface area contributed by atoms with Crippen LogP contribution in [0.25, 0.3) is 0 Å². The lowest BCUT2D eigenvalue weighted by Gasteiger charge is -2.21. The highest BCUT2D eigenvalue weighted by molar-refractivity contribution is 7.89. The van der Waals surface area contributed by atoms with Gasteiger partial charge in [-0.3, -0.25) is 0 Å². The first kappa shape index (κ1) is 18.1. The van der Waals surface area contributed by atoms with Crippen LogP contribution < -0.4 is 0 Å². The molecular formula is C14H17NO5S3. The number of thiophene rings is 2. The van der Waals surface area contributed by atoms with Crippen LogP contribution >= 0.6 is 22.7 Å². The fraction of sp³-hybridized carbons (Fsp3) is 0.357. The molecule has 0 aliphatic rings. The van der Waals surface area contributed by atoms with E-state index in [1.807, 2.05) is 17.5 Å². The summed E-state index contributed by atoms with van der Waals surface area (Å²) in [5.74, 6) is -0.651. The zero-order valence-electron chi connectivity index (χ0n) is 12.7. The SMILES string of the molecule is COCCN(Cc1cccs1)S(=O)(=O)c1ccsc1C(=O)OC. The number of hydrogen-bond donors (Lipinski definition) is 0. The molecule has 23 heavy (non-hydrogen) atoms. The summed E-state index contributed by atoms with van der Waals surface area (Å²) in [5.41, 5.74) is 0. The summed E-state index contributed by atoms with van der Waals surface area (Å²) in [6, 6.07) is 5.17. The number of esters is 1. The van der Waals surface area contributed by atoms with E-state index in [0.29, 0.717) is 0 Å². The summed E-state index contributed by atoms with van der Waals surface area (Å²) in [4.78, 5) is 12.8. The molecule has 2 heterocycles. The number of ether oxygens (including phenoxy) is 2. The maximum absolute atomic E-state index is 12.9. The Balaban J connectivity index is 2.35. The second kappa shape index (κ2) is 8.02. The molecule has 0 saturated carbocycles. The minimum absolute atomic E-state index is 0.0259. The summed E-state index contributed by atoms with van der Waals surface area (Å²) in [5, 5.41) is 3.46. The van der Waals surface area contributed by atoms with Crippen molar-refractivity contribution < 1.29 is 22.7 Å². The molecule has 126 valence electrons. The Labute approximate surface area is 143 Å². The topological polar surface area (TPSA) is 72.9 Å². The maximum atomic E-state index is 12.9. The third-order valence-corrected chi connectivity index (χ3v) is 6.85. The van der Waals surface area contributed by atoms with Crippen molar-refractivity contribution in [2.75, 3.05) is 27.4 Å². The molecule has 2 aromatic rings. The lowest BCUT2D eigenvalue weighted by atomic mass is 10.4. The van der Waals surface area contributed by atoms with Gasteiger partial charge < -0.3 is 9.47 Å². The summed E-state index contributed by atoms with van der Waals surface area (Å²) < 4.78 is 36.9. The Morgan fingerprint density at radius 3 is 2.61 bits per heavy atom. The first-order valence-corrected chi connectivity index (χ1v) is 9.88. The zero-order chi connectivity index (χ0) is 16.9. The van der Waals surface area contributed by atoms with Gasteiger partial charge in [0.05, 0.1) is 13.7 Å². The van der Waals surface area contributed by atoms with Gasteiger partial charge >= 0.3 is 5.97 Å². The Hall–Kier alpha value is -1.26. The number of rotatable bonds is 8. The first-order valence-electron chi connectivity index (χ1n) is 6.68. The molecule has 2 aromatic heterocycles. The Kier molecular flexibility index (Phi) is 6.31. The Bertz CT molecular complexity index is 736. The van der Waals surface area contributed by atoms with Gasteiger partial charge in [0.2, 0.25) is 10.0 Å². The summed E-state index contributed by atoms with van der Waals surface area (Å²) in [6.45, 7) is 0.704. The van der Waals surface area contributed by atoms with Crippen LogP contribution in [0, 0.1) is 0 Å². The van der Waals surface area contributed by atoms with Crippen LogP contribution in [0.5, 0.6) is 0 Å². The van der Waals surface area contributed by atoms with Crippen molar-refractivity contribution in [2.24, 2.45) is 0 Å². The van der Waals surface area contributed by atoms with Crippen molar-refractivity contribution >= 4 is 38.7 Å². The molecular weight excluding hydrogens is 358 g/mol. The van der Waals surface area contributed by atoms with Crippen LogP contribution in [0.1, 0.15) is 14.5 Å². The molecule has 6 nitrogen and oxygen atoms in total. The molecule has 0 unspecified atom stereocenters. The number of nitrogens with zero attached hydrogens (tertiary/aromatic N) is 1. The predicted molar refractivity (Wildman–Crippen MR) is 89.4 cm³/mol. The van der Waals surface area contributed by atoms with E-state index in [1.54, 1.807) is 5.38 Å². The molecule has 0 N–H and O–H groups in total. The monoisotopic (exact) mass is 375 g/mol. The van der Waals surface area contributed by atoms with Crippen molar-refractivity contribution in [2.45, 2.75) is 11.4 Å². The fourth-order valence-electron chi connectivity index (χ4n) is 1.93. The highest BCUT2D eigenvalue weighted by Gasteiger charge is 2.30. The predicted octanol–water partition coefficient (Wildman–Crippen LogP) is 2.43. The fourth-order valence-corrected chi connectivity index (χ4v) is 5.45. The molecule has 0 radical (unpaired) electrons. The molecule has 9 heteroatoms.